The van der Waals surface area contributed by atoms with E-state index in [1.54, 1.807) is 0 Å². The van der Waals surface area contributed by atoms with Crippen LogP contribution in [-0.4, -0.2) is 23.2 Å². The van der Waals surface area contributed by atoms with E-state index in [0.717, 1.165) is 30.7 Å². The van der Waals surface area contributed by atoms with Crippen molar-refractivity contribution in [3.63, 3.8) is 0 Å². The summed E-state index contributed by atoms with van der Waals surface area (Å²) in [4.78, 5) is 4.29. The largest absolute Gasteiger partial charge is 0.339 e. The second-order valence-electron chi connectivity index (χ2n) is 3.83. The average molecular weight is 165 g/mol. The van der Waals surface area contributed by atoms with Crippen molar-refractivity contribution in [3.05, 3.63) is 11.7 Å². The van der Waals surface area contributed by atoms with Crippen LogP contribution in [0.15, 0.2) is 4.52 Å². The van der Waals surface area contributed by atoms with Crippen molar-refractivity contribution in [2.24, 2.45) is 5.92 Å². The van der Waals surface area contributed by atoms with Crippen LogP contribution in [-0.2, 0) is 5.41 Å². The molecule has 0 bridgehead atoms. The summed E-state index contributed by atoms with van der Waals surface area (Å²) >= 11 is 0. The molecule has 4 heteroatoms. The zero-order chi connectivity index (χ0) is 8.18. The van der Waals surface area contributed by atoms with Gasteiger partial charge in [0.2, 0.25) is 5.89 Å². The lowest BCUT2D eigenvalue weighted by atomic mass is 10.1. The summed E-state index contributed by atoms with van der Waals surface area (Å²) in [5.41, 5.74) is 0.223. The second-order valence-corrected chi connectivity index (χ2v) is 3.83. The number of aromatic nitrogens is 2. The molecular weight excluding hydrogens is 154 g/mol. The average Bonchev–Trinajstić information content (AvgIpc) is 2.50. The predicted molar refractivity (Wildman–Crippen MR) is 41.7 cm³/mol. The van der Waals surface area contributed by atoms with Crippen molar-refractivity contribution >= 4 is 0 Å². The van der Waals surface area contributed by atoms with Crippen LogP contribution in [0.3, 0.4) is 0 Å². The first-order valence-electron chi connectivity index (χ1n) is 4.33. The molecule has 64 valence electrons. The molecule has 1 saturated heterocycles. The van der Waals surface area contributed by atoms with Gasteiger partial charge in [-0.3, -0.25) is 0 Å². The first kappa shape index (κ1) is 6.60. The summed E-state index contributed by atoms with van der Waals surface area (Å²) in [5.74, 6) is 2.34. The number of nitrogens with one attached hydrogen (secondary N) is 1. The van der Waals surface area contributed by atoms with Crippen LogP contribution >= 0.6 is 0 Å². The maximum atomic E-state index is 5.19. The van der Waals surface area contributed by atoms with Gasteiger partial charge in [-0.25, -0.2) is 0 Å². The van der Waals surface area contributed by atoms with E-state index in [1.807, 2.05) is 6.92 Å². The third-order valence-electron chi connectivity index (χ3n) is 3.02. The van der Waals surface area contributed by atoms with Gasteiger partial charge in [-0.15, -0.1) is 0 Å². The van der Waals surface area contributed by atoms with Crippen LogP contribution in [0.25, 0.3) is 0 Å². The van der Waals surface area contributed by atoms with Crippen LogP contribution in [0.5, 0.6) is 0 Å². The van der Waals surface area contributed by atoms with Crippen molar-refractivity contribution in [1.82, 2.24) is 15.5 Å². The van der Waals surface area contributed by atoms with Crippen molar-refractivity contribution in [2.45, 2.75) is 18.8 Å². The molecule has 2 aliphatic rings. The summed E-state index contributed by atoms with van der Waals surface area (Å²) < 4.78 is 5.19. The minimum Gasteiger partial charge on any atom is -0.339 e. The van der Waals surface area contributed by atoms with Crippen LogP contribution in [0, 0.1) is 12.8 Å². The molecule has 4 nitrogen and oxygen atoms in total. The highest BCUT2D eigenvalue weighted by Crippen LogP contribution is 2.55. The standard InChI is InChI=1S/C8H11N3O/c1-5-10-7(12-11-5)8-2-6(8)3-9-4-8/h6,9H,2-4H2,1H3. The van der Waals surface area contributed by atoms with E-state index in [4.69, 9.17) is 4.52 Å². The third-order valence-corrected chi connectivity index (χ3v) is 3.02. The first-order chi connectivity index (χ1) is 5.81. The Morgan fingerprint density at radius 1 is 1.67 bits per heavy atom. The van der Waals surface area contributed by atoms with Gasteiger partial charge < -0.3 is 9.84 Å². The van der Waals surface area contributed by atoms with Gasteiger partial charge in [0.15, 0.2) is 5.82 Å². The lowest BCUT2D eigenvalue weighted by Gasteiger charge is -2.02. The van der Waals surface area contributed by atoms with Crippen molar-refractivity contribution in [2.75, 3.05) is 13.1 Å². The summed E-state index contributed by atoms with van der Waals surface area (Å²) in [6, 6.07) is 0. The number of fused-ring (bicyclic) bond motifs is 1. The smallest absolute Gasteiger partial charge is 0.234 e. The van der Waals surface area contributed by atoms with E-state index in [9.17, 15) is 0 Å². The summed E-state index contributed by atoms with van der Waals surface area (Å²) in [5, 5.41) is 7.16. The van der Waals surface area contributed by atoms with Gasteiger partial charge in [-0.2, -0.15) is 4.98 Å². The lowest BCUT2D eigenvalue weighted by molar-refractivity contribution is 0.343. The number of piperidine rings is 1. The third kappa shape index (κ3) is 0.659. The molecule has 1 aliphatic carbocycles. The SMILES string of the molecule is Cc1noc(C23CNCC2C3)n1. The highest BCUT2D eigenvalue weighted by Gasteiger charge is 2.62. The molecule has 0 spiro atoms. The molecule has 1 aliphatic heterocycles. The molecule has 1 N–H and O–H groups in total. The zero-order valence-electron chi connectivity index (χ0n) is 7.00. The summed E-state index contributed by atoms with van der Waals surface area (Å²) in [6.07, 6.45) is 1.22. The topological polar surface area (TPSA) is 51.0 Å². The van der Waals surface area contributed by atoms with Gasteiger partial charge >= 0.3 is 0 Å². The van der Waals surface area contributed by atoms with E-state index in [1.165, 1.54) is 6.42 Å². The fourth-order valence-electron chi connectivity index (χ4n) is 2.17. The number of aryl methyl sites for hydroxylation is 1. The Morgan fingerprint density at radius 2 is 2.58 bits per heavy atom. The monoisotopic (exact) mass is 165 g/mol. The minimum atomic E-state index is 0.223. The van der Waals surface area contributed by atoms with E-state index in [-0.39, 0.29) is 5.41 Å². The lowest BCUT2D eigenvalue weighted by Crippen LogP contribution is -2.19. The first-order valence-corrected chi connectivity index (χ1v) is 4.33. The van der Waals surface area contributed by atoms with Gasteiger partial charge in [0, 0.05) is 6.54 Å². The molecule has 1 saturated carbocycles. The highest BCUT2D eigenvalue weighted by molar-refractivity contribution is 5.25. The quantitative estimate of drug-likeness (QED) is 0.647. The zero-order valence-corrected chi connectivity index (χ0v) is 7.00. The molecule has 1 aromatic heterocycles. The number of nitrogens with zero attached hydrogens (tertiary/aromatic N) is 2. The Bertz CT molecular complexity index is 322. The molecule has 3 rings (SSSR count). The predicted octanol–water partition coefficient (Wildman–Crippen LogP) is 0.239. The molecule has 2 fully saturated rings. The fourth-order valence-corrected chi connectivity index (χ4v) is 2.17. The van der Waals surface area contributed by atoms with Crippen molar-refractivity contribution < 1.29 is 4.52 Å². The van der Waals surface area contributed by atoms with Crippen LogP contribution in [0.1, 0.15) is 18.1 Å². The Labute approximate surface area is 70.3 Å². The molecule has 2 heterocycles. The van der Waals surface area contributed by atoms with E-state index >= 15 is 0 Å². The van der Waals surface area contributed by atoms with Crippen molar-refractivity contribution in [3.8, 4) is 0 Å². The molecule has 1 aromatic rings. The van der Waals surface area contributed by atoms with E-state index in [2.05, 4.69) is 15.5 Å². The summed E-state index contributed by atoms with van der Waals surface area (Å²) in [6.45, 7) is 3.99. The molecular formula is C8H11N3O. The second kappa shape index (κ2) is 1.88. The van der Waals surface area contributed by atoms with Crippen molar-refractivity contribution in [1.29, 1.82) is 0 Å². The van der Waals surface area contributed by atoms with E-state index in [0.29, 0.717) is 0 Å². The molecule has 2 atom stereocenters. The Balaban J connectivity index is 1.99. The van der Waals surface area contributed by atoms with Gasteiger partial charge in [-0.05, 0) is 25.8 Å². The molecule has 2 unspecified atom stereocenters. The molecule has 12 heavy (non-hydrogen) atoms. The Morgan fingerprint density at radius 3 is 3.08 bits per heavy atom. The molecule has 0 aromatic carbocycles. The fraction of sp³-hybridized carbons (Fsp3) is 0.750. The summed E-state index contributed by atoms with van der Waals surface area (Å²) in [7, 11) is 0. The van der Waals surface area contributed by atoms with Gasteiger partial charge in [0.05, 0.1) is 5.41 Å². The van der Waals surface area contributed by atoms with Gasteiger partial charge in [-0.1, -0.05) is 5.16 Å². The number of hydrogen-bond acceptors (Lipinski definition) is 4. The van der Waals surface area contributed by atoms with Gasteiger partial charge in [0.1, 0.15) is 0 Å². The Hall–Kier alpha value is -0.900. The maximum Gasteiger partial charge on any atom is 0.234 e. The maximum absolute atomic E-state index is 5.19. The number of hydrogen-bond donors (Lipinski definition) is 1. The molecule has 0 radical (unpaired) electrons. The van der Waals surface area contributed by atoms with Gasteiger partial charge in [0.25, 0.3) is 0 Å². The van der Waals surface area contributed by atoms with Crippen LogP contribution < -0.4 is 5.32 Å². The van der Waals surface area contributed by atoms with Crippen LogP contribution in [0.4, 0.5) is 0 Å². The highest BCUT2D eigenvalue weighted by atomic mass is 16.5. The minimum absolute atomic E-state index is 0.223. The van der Waals surface area contributed by atoms with Crippen LogP contribution in [0.2, 0.25) is 0 Å². The Kier molecular flexibility index (Phi) is 1.03. The number of rotatable bonds is 1. The molecule has 0 amide bonds. The van der Waals surface area contributed by atoms with E-state index < -0.39 is 0 Å². The normalized spacial score (nSPS) is 38.2.